The number of nitrogens with zero attached hydrogens (tertiary/aromatic N) is 1. The zero-order valence-electron chi connectivity index (χ0n) is 12.6. The quantitative estimate of drug-likeness (QED) is 0.942. The Labute approximate surface area is 129 Å². The molecular weight excluding hydrogens is 278 g/mol. The molecule has 1 saturated carbocycles. The van der Waals surface area contributed by atoms with Crippen LogP contribution in [0.5, 0.6) is 0 Å². The molecule has 0 unspecified atom stereocenters. The minimum atomic E-state index is -0.613. The van der Waals surface area contributed by atoms with Crippen molar-refractivity contribution in [3.63, 3.8) is 0 Å². The fourth-order valence-electron chi connectivity index (χ4n) is 4.17. The predicted molar refractivity (Wildman–Crippen MR) is 83.5 cm³/mol. The predicted octanol–water partition coefficient (Wildman–Crippen LogP) is 3.51. The van der Waals surface area contributed by atoms with Gasteiger partial charge in [-0.3, -0.25) is 9.69 Å². The Morgan fingerprint density at radius 1 is 1.27 bits per heavy atom. The molecule has 4 heteroatoms. The summed E-state index contributed by atoms with van der Waals surface area (Å²) in [6, 6.07) is 8.31. The Kier molecular flexibility index (Phi) is 3.22. The van der Waals surface area contributed by atoms with E-state index in [-0.39, 0.29) is 5.92 Å². The third-order valence-corrected chi connectivity index (χ3v) is 5.58. The number of fused-ring (bicyclic) bond motifs is 1. The number of furan rings is 1. The molecule has 2 aliphatic rings. The second-order valence-electron chi connectivity index (χ2n) is 6.98. The average molecular weight is 299 g/mol. The van der Waals surface area contributed by atoms with Gasteiger partial charge in [0.2, 0.25) is 0 Å². The standard InChI is InChI=1S/C18H21NO3/c20-17(21)15-10-18(11-15)5-7-19(8-6-18)12-14-3-1-2-13-4-9-22-16(13)14/h1-4,9,15H,5-8,10-12H2,(H,20,21). The van der Waals surface area contributed by atoms with E-state index in [1.54, 1.807) is 6.26 Å². The van der Waals surface area contributed by atoms with Gasteiger partial charge in [0.1, 0.15) is 5.58 Å². The largest absolute Gasteiger partial charge is 0.481 e. The minimum Gasteiger partial charge on any atom is -0.481 e. The van der Waals surface area contributed by atoms with E-state index in [0.29, 0.717) is 5.41 Å². The molecule has 1 saturated heterocycles. The summed E-state index contributed by atoms with van der Waals surface area (Å²) in [5.41, 5.74) is 2.56. The summed E-state index contributed by atoms with van der Waals surface area (Å²) in [5, 5.41) is 10.2. The number of aliphatic carboxylic acids is 1. The number of carboxylic acid groups (broad SMARTS) is 1. The normalized spacial score (nSPS) is 22.0. The van der Waals surface area contributed by atoms with Crippen molar-refractivity contribution < 1.29 is 14.3 Å². The molecule has 1 aromatic carbocycles. The highest BCUT2D eigenvalue weighted by Gasteiger charge is 2.48. The smallest absolute Gasteiger partial charge is 0.306 e. The maximum absolute atomic E-state index is 11.0. The van der Waals surface area contributed by atoms with E-state index < -0.39 is 5.97 Å². The lowest BCUT2D eigenvalue weighted by molar-refractivity contribution is -0.152. The van der Waals surface area contributed by atoms with Crippen LogP contribution < -0.4 is 0 Å². The van der Waals surface area contributed by atoms with Crippen molar-refractivity contribution in [3.8, 4) is 0 Å². The van der Waals surface area contributed by atoms with Gasteiger partial charge < -0.3 is 9.52 Å². The summed E-state index contributed by atoms with van der Waals surface area (Å²) >= 11 is 0. The van der Waals surface area contributed by atoms with E-state index in [4.69, 9.17) is 9.52 Å². The van der Waals surface area contributed by atoms with Crippen LogP contribution in [0.4, 0.5) is 0 Å². The molecule has 1 spiro atoms. The van der Waals surface area contributed by atoms with Crippen LogP contribution >= 0.6 is 0 Å². The number of likely N-dealkylation sites (tertiary alicyclic amines) is 1. The van der Waals surface area contributed by atoms with Crippen molar-refractivity contribution in [1.82, 2.24) is 4.90 Å². The molecule has 1 aliphatic heterocycles. The maximum atomic E-state index is 11.0. The van der Waals surface area contributed by atoms with Crippen LogP contribution in [0, 0.1) is 11.3 Å². The maximum Gasteiger partial charge on any atom is 0.306 e. The SMILES string of the molecule is O=C(O)C1CC2(CCN(Cc3cccc4ccoc34)CC2)C1. The molecule has 0 radical (unpaired) electrons. The van der Waals surface area contributed by atoms with Crippen LogP contribution in [0.15, 0.2) is 34.9 Å². The van der Waals surface area contributed by atoms with Gasteiger partial charge in [-0.25, -0.2) is 0 Å². The second-order valence-corrected chi connectivity index (χ2v) is 6.98. The van der Waals surface area contributed by atoms with Crippen molar-refractivity contribution >= 4 is 16.9 Å². The van der Waals surface area contributed by atoms with E-state index in [2.05, 4.69) is 23.1 Å². The van der Waals surface area contributed by atoms with Gasteiger partial charge in [0.05, 0.1) is 12.2 Å². The molecule has 1 aromatic heterocycles. The highest BCUT2D eigenvalue weighted by molar-refractivity contribution is 5.80. The number of benzene rings is 1. The van der Waals surface area contributed by atoms with Crippen LogP contribution in [0.2, 0.25) is 0 Å². The third kappa shape index (κ3) is 2.31. The lowest BCUT2D eigenvalue weighted by atomic mass is 9.57. The van der Waals surface area contributed by atoms with Crippen LogP contribution in [-0.2, 0) is 11.3 Å². The van der Waals surface area contributed by atoms with Crippen LogP contribution in [-0.4, -0.2) is 29.1 Å². The molecule has 0 amide bonds. The highest BCUT2D eigenvalue weighted by atomic mass is 16.4. The Balaban J connectivity index is 1.39. The van der Waals surface area contributed by atoms with E-state index in [0.717, 1.165) is 56.3 Å². The number of para-hydroxylation sites is 1. The third-order valence-electron chi connectivity index (χ3n) is 5.58. The number of carbonyl (C=O) groups is 1. The summed E-state index contributed by atoms with van der Waals surface area (Å²) in [6.45, 7) is 3.04. The number of piperidine rings is 1. The molecule has 4 nitrogen and oxygen atoms in total. The first-order chi connectivity index (χ1) is 10.7. The average Bonchev–Trinajstić information content (AvgIpc) is 2.95. The van der Waals surface area contributed by atoms with Gasteiger partial charge in [-0.15, -0.1) is 0 Å². The van der Waals surface area contributed by atoms with Crippen molar-refractivity contribution in [1.29, 1.82) is 0 Å². The van der Waals surface area contributed by atoms with Crippen molar-refractivity contribution in [2.75, 3.05) is 13.1 Å². The minimum absolute atomic E-state index is 0.0941. The summed E-state index contributed by atoms with van der Waals surface area (Å²) in [6.07, 6.45) is 5.77. The molecule has 1 N–H and O–H groups in total. The highest BCUT2D eigenvalue weighted by Crippen LogP contribution is 2.52. The van der Waals surface area contributed by atoms with Crippen LogP contribution in [0.3, 0.4) is 0 Å². The molecule has 2 aromatic rings. The molecular formula is C18H21NO3. The lowest BCUT2D eigenvalue weighted by Gasteiger charge is -2.51. The van der Waals surface area contributed by atoms with E-state index >= 15 is 0 Å². The number of carboxylic acids is 1. The first-order valence-corrected chi connectivity index (χ1v) is 8.06. The van der Waals surface area contributed by atoms with Crippen molar-refractivity contribution in [2.45, 2.75) is 32.2 Å². The van der Waals surface area contributed by atoms with Crippen LogP contribution in [0.1, 0.15) is 31.2 Å². The second kappa shape index (κ2) is 5.13. The molecule has 2 heterocycles. The van der Waals surface area contributed by atoms with Gasteiger partial charge in [-0.05, 0) is 50.3 Å². The zero-order chi connectivity index (χ0) is 15.2. The fraction of sp³-hybridized carbons (Fsp3) is 0.500. The molecule has 0 atom stereocenters. The van der Waals surface area contributed by atoms with Gasteiger partial charge >= 0.3 is 5.97 Å². The van der Waals surface area contributed by atoms with Crippen molar-refractivity contribution in [3.05, 3.63) is 36.1 Å². The molecule has 1 aliphatic carbocycles. The topological polar surface area (TPSA) is 53.7 Å². The van der Waals surface area contributed by atoms with Crippen molar-refractivity contribution in [2.24, 2.45) is 11.3 Å². The summed E-state index contributed by atoms with van der Waals surface area (Å²) < 4.78 is 5.61. The van der Waals surface area contributed by atoms with Gasteiger partial charge in [0.25, 0.3) is 0 Å². The molecule has 22 heavy (non-hydrogen) atoms. The number of hydrogen-bond donors (Lipinski definition) is 1. The monoisotopic (exact) mass is 299 g/mol. The summed E-state index contributed by atoms with van der Waals surface area (Å²) in [5.74, 6) is -0.707. The fourth-order valence-corrected chi connectivity index (χ4v) is 4.17. The Hall–Kier alpha value is -1.81. The zero-order valence-corrected chi connectivity index (χ0v) is 12.6. The molecule has 0 bridgehead atoms. The van der Waals surface area contributed by atoms with Crippen LogP contribution in [0.25, 0.3) is 11.0 Å². The van der Waals surface area contributed by atoms with Gasteiger partial charge in [0, 0.05) is 17.5 Å². The Bertz CT molecular complexity index is 689. The molecule has 2 fully saturated rings. The first kappa shape index (κ1) is 13.8. The van der Waals surface area contributed by atoms with E-state index in [1.807, 2.05) is 6.07 Å². The van der Waals surface area contributed by atoms with E-state index in [9.17, 15) is 4.79 Å². The van der Waals surface area contributed by atoms with E-state index in [1.165, 1.54) is 5.56 Å². The Morgan fingerprint density at radius 3 is 2.77 bits per heavy atom. The Morgan fingerprint density at radius 2 is 2.05 bits per heavy atom. The molecule has 4 rings (SSSR count). The summed E-state index contributed by atoms with van der Waals surface area (Å²) in [4.78, 5) is 13.5. The number of rotatable bonds is 3. The molecule has 116 valence electrons. The number of hydrogen-bond acceptors (Lipinski definition) is 3. The van der Waals surface area contributed by atoms with Gasteiger partial charge in [-0.1, -0.05) is 18.2 Å². The van der Waals surface area contributed by atoms with Gasteiger partial charge in [-0.2, -0.15) is 0 Å². The summed E-state index contributed by atoms with van der Waals surface area (Å²) in [7, 11) is 0. The van der Waals surface area contributed by atoms with Gasteiger partial charge in [0.15, 0.2) is 0 Å². The lowest BCUT2D eigenvalue weighted by Crippen LogP contribution is -2.48. The first-order valence-electron chi connectivity index (χ1n) is 8.06.